The fourth-order valence-corrected chi connectivity index (χ4v) is 4.56. The zero-order valence-electron chi connectivity index (χ0n) is 19.5. The Morgan fingerprint density at radius 3 is 2.56 bits per heavy atom. The molecule has 0 atom stereocenters. The van der Waals surface area contributed by atoms with Gasteiger partial charge >= 0.3 is 0 Å². The van der Waals surface area contributed by atoms with E-state index in [0.717, 1.165) is 24.1 Å². The molecule has 0 aliphatic heterocycles. The molecule has 0 saturated heterocycles. The Morgan fingerprint density at radius 1 is 1.00 bits per heavy atom. The van der Waals surface area contributed by atoms with Crippen molar-refractivity contribution >= 4 is 17.7 Å². The molecule has 0 aliphatic rings. The van der Waals surface area contributed by atoms with E-state index in [-0.39, 0.29) is 11.7 Å². The molecule has 2 heterocycles. The Kier molecular flexibility index (Phi) is 8.09. The summed E-state index contributed by atoms with van der Waals surface area (Å²) < 4.78 is 2.04. The number of nitrogens with one attached hydrogen (secondary N) is 1. The summed E-state index contributed by atoms with van der Waals surface area (Å²) in [4.78, 5) is 16.8. The topological polar surface area (TPSA) is 72.7 Å². The summed E-state index contributed by atoms with van der Waals surface area (Å²) in [5, 5.41) is 12.6. The van der Waals surface area contributed by atoms with Gasteiger partial charge in [-0.05, 0) is 48.1 Å². The Labute approximate surface area is 204 Å². The van der Waals surface area contributed by atoms with Gasteiger partial charge in [0.15, 0.2) is 11.0 Å². The molecular weight excluding hydrogens is 442 g/mol. The lowest BCUT2D eigenvalue weighted by Gasteiger charge is -2.16. The van der Waals surface area contributed by atoms with Crippen LogP contribution in [-0.2, 0) is 11.2 Å². The van der Waals surface area contributed by atoms with E-state index in [4.69, 9.17) is 0 Å². The molecule has 2 aromatic carbocycles. The first-order valence-corrected chi connectivity index (χ1v) is 12.5. The number of hydrogen-bond acceptors (Lipinski definition) is 5. The number of carbonyl (C=O) groups excluding carboxylic acids is 1. The third kappa shape index (κ3) is 5.91. The maximum atomic E-state index is 12.5. The van der Waals surface area contributed by atoms with Crippen LogP contribution in [0.4, 0.5) is 0 Å². The molecule has 1 amide bonds. The van der Waals surface area contributed by atoms with E-state index < -0.39 is 0 Å². The predicted octanol–water partition coefficient (Wildman–Crippen LogP) is 5.29. The van der Waals surface area contributed by atoms with Crippen molar-refractivity contribution in [1.29, 1.82) is 0 Å². The molecule has 0 spiro atoms. The number of hydrogen-bond donors (Lipinski definition) is 1. The van der Waals surface area contributed by atoms with Gasteiger partial charge in [0.2, 0.25) is 5.91 Å². The standard InChI is InChI=1S/C27H29N5OS/c1-20(2)23-14-6-7-15-24(23)32-26(22-13-9-16-28-18-22)30-31-27(32)34-19-25(33)29-17-8-12-21-10-4-3-5-11-21/h3-7,9-11,13-16,18,20H,8,12,17,19H2,1-2H3,(H,29,33). The molecule has 0 unspecified atom stereocenters. The fraction of sp³-hybridized carbons (Fsp3) is 0.259. The number of carbonyl (C=O) groups is 1. The second-order valence-electron chi connectivity index (χ2n) is 8.32. The van der Waals surface area contributed by atoms with E-state index in [0.29, 0.717) is 23.4 Å². The van der Waals surface area contributed by atoms with E-state index in [2.05, 4.69) is 58.6 Å². The quantitative estimate of drug-likeness (QED) is 0.251. The number of aromatic nitrogens is 4. The van der Waals surface area contributed by atoms with Gasteiger partial charge in [-0.3, -0.25) is 14.3 Å². The molecule has 0 radical (unpaired) electrons. The van der Waals surface area contributed by atoms with E-state index in [1.807, 2.05) is 47.0 Å². The van der Waals surface area contributed by atoms with Crippen LogP contribution in [0.25, 0.3) is 17.1 Å². The van der Waals surface area contributed by atoms with Crippen LogP contribution in [0.2, 0.25) is 0 Å². The van der Waals surface area contributed by atoms with Gasteiger partial charge in [-0.15, -0.1) is 10.2 Å². The van der Waals surface area contributed by atoms with Crippen LogP contribution in [0.3, 0.4) is 0 Å². The number of nitrogens with zero attached hydrogens (tertiary/aromatic N) is 4. The molecule has 2 aromatic heterocycles. The van der Waals surface area contributed by atoms with Crippen molar-refractivity contribution in [2.75, 3.05) is 12.3 Å². The molecule has 174 valence electrons. The summed E-state index contributed by atoms with van der Waals surface area (Å²) in [6.45, 7) is 4.99. The Bertz CT molecular complexity index is 1210. The van der Waals surface area contributed by atoms with Crippen molar-refractivity contribution in [2.45, 2.75) is 37.8 Å². The third-order valence-electron chi connectivity index (χ3n) is 5.49. The number of thioether (sulfide) groups is 1. The summed E-state index contributed by atoms with van der Waals surface area (Å²) in [6, 6.07) is 22.4. The minimum absolute atomic E-state index is 0.00677. The Hall–Kier alpha value is -3.45. The first-order chi connectivity index (χ1) is 16.6. The predicted molar refractivity (Wildman–Crippen MR) is 137 cm³/mol. The number of pyridine rings is 1. The molecule has 7 heteroatoms. The highest BCUT2D eigenvalue weighted by molar-refractivity contribution is 7.99. The maximum Gasteiger partial charge on any atom is 0.230 e. The molecule has 4 rings (SSSR count). The van der Waals surface area contributed by atoms with Gasteiger partial charge in [-0.25, -0.2) is 0 Å². The van der Waals surface area contributed by atoms with Gasteiger partial charge in [0.05, 0.1) is 11.4 Å². The zero-order chi connectivity index (χ0) is 23.8. The molecule has 0 aliphatic carbocycles. The largest absolute Gasteiger partial charge is 0.355 e. The van der Waals surface area contributed by atoms with Gasteiger partial charge in [0, 0.05) is 24.5 Å². The highest BCUT2D eigenvalue weighted by Gasteiger charge is 2.20. The third-order valence-corrected chi connectivity index (χ3v) is 6.42. The van der Waals surface area contributed by atoms with Gasteiger partial charge in [0.25, 0.3) is 0 Å². The van der Waals surface area contributed by atoms with E-state index >= 15 is 0 Å². The van der Waals surface area contributed by atoms with Crippen LogP contribution >= 0.6 is 11.8 Å². The highest BCUT2D eigenvalue weighted by Crippen LogP contribution is 2.31. The lowest BCUT2D eigenvalue weighted by Crippen LogP contribution is -2.26. The van der Waals surface area contributed by atoms with E-state index in [9.17, 15) is 4.79 Å². The van der Waals surface area contributed by atoms with Crippen molar-refractivity contribution in [1.82, 2.24) is 25.1 Å². The summed E-state index contributed by atoms with van der Waals surface area (Å²) in [7, 11) is 0. The summed E-state index contributed by atoms with van der Waals surface area (Å²) in [5.41, 5.74) is 4.38. The van der Waals surface area contributed by atoms with Crippen molar-refractivity contribution < 1.29 is 4.79 Å². The molecule has 0 bridgehead atoms. The molecule has 0 fully saturated rings. The van der Waals surface area contributed by atoms with Crippen LogP contribution in [-0.4, -0.2) is 38.0 Å². The Morgan fingerprint density at radius 2 is 1.79 bits per heavy atom. The van der Waals surface area contributed by atoms with Crippen LogP contribution in [0.1, 0.15) is 37.3 Å². The summed E-state index contributed by atoms with van der Waals surface area (Å²) in [5.74, 6) is 1.31. The smallest absolute Gasteiger partial charge is 0.230 e. The molecule has 4 aromatic rings. The second-order valence-corrected chi connectivity index (χ2v) is 9.27. The van der Waals surface area contributed by atoms with Crippen LogP contribution in [0.15, 0.2) is 84.3 Å². The number of aryl methyl sites for hydroxylation is 1. The van der Waals surface area contributed by atoms with E-state index in [1.54, 1.807) is 12.4 Å². The minimum atomic E-state index is -0.00677. The van der Waals surface area contributed by atoms with E-state index in [1.165, 1.54) is 22.9 Å². The number of rotatable bonds is 10. The van der Waals surface area contributed by atoms with Crippen LogP contribution in [0.5, 0.6) is 0 Å². The number of amides is 1. The van der Waals surface area contributed by atoms with Gasteiger partial charge in [0.1, 0.15) is 0 Å². The molecule has 34 heavy (non-hydrogen) atoms. The minimum Gasteiger partial charge on any atom is -0.355 e. The zero-order valence-corrected chi connectivity index (χ0v) is 20.3. The first kappa shape index (κ1) is 23.7. The molecule has 6 nitrogen and oxygen atoms in total. The van der Waals surface area contributed by atoms with Crippen molar-refractivity contribution in [3.8, 4) is 17.1 Å². The summed E-state index contributed by atoms with van der Waals surface area (Å²) in [6.07, 6.45) is 5.38. The van der Waals surface area contributed by atoms with Crippen LogP contribution < -0.4 is 5.32 Å². The van der Waals surface area contributed by atoms with Crippen molar-refractivity contribution in [3.05, 3.63) is 90.3 Å². The molecule has 1 N–H and O–H groups in total. The average Bonchev–Trinajstić information content (AvgIpc) is 3.30. The van der Waals surface area contributed by atoms with Crippen LogP contribution in [0, 0.1) is 0 Å². The van der Waals surface area contributed by atoms with Crippen molar-refractivity contribution in [2.24, 2.45) is 0 Å². The normalized spacial score (nSPS) is 11.0. The van der Waals surface area contributed by atoms with Gasteiger partial charge in [-0.1, -0.05) is 74.1 Å². The molecule has 0 saturated carbocycles. The lowest BCUT2D eigenvalue weighted by molar-refractivity contribution is -0.118. The first-order valence-electron chi connectivity index (χ1n) is 11.5. The summed E-state index contributed by atoms with van der Waals surface area (Å²) >= 11 is 1.40. The monoisotopic (exact) mass is 471 g/mol. The van der Waals surface area contributed by atoms with Crippen molar-refractivity contribution in [3.63, 3.8) is 0 Å². The van der Waals surface area contributed by atoms with Gasteiger partial charge in [-0.2, -0.15) is 0 Å². The maximum absolute atomic E-state index is 12.5. The number of para-hydroxylation sites is 1. The SMILES string of the molecule is CC(C)c1ccccc1-n1c(SCC(=O)NCCCc2ccccc2)nnc1-c1cccnc1. The second kappa shape index (κ2) is 11.6. The Balaban J connectivity index is 1.48. The highest BCUT2D eigenvalue weighted by atomic mass is 32.2. The average molecular weight is 472 g/mol. The lowest BCUT2D eigenvalue weighted by atomic mass is 10.0. The molecular formula is C27H29N5OS. The van der Waals surface area contributed by atoms with Gasteiger partial charge < -0.3 is 5.32 Å². The fourth-order valence-electron chi connectivity index (χ4n) is 3.79. The number of benzene rings is 2.